The summed E-state index contributed by atoms with van der Waals surface area (Å²) in [4.78, 5) is 4.46. The van der Waals surface area contributed by atoms with E-state index in [1.54, 1.807) is 12.1 Å². The lowest BCUT2D eigenvalue weighted by Crippen LogP contribution is -2.14. The summed E-state index contributed by atoms with van der Waals surface area (Å²) >= 11 is 9.33. The second kappa shape index (κ2) is 7.62. The zero-order valence-electron chi connectivity index (χ0n) is 11.2. The van der Waals surface area contributed by atoms with E-state index in [4.69, 9.17) is 16.3 Å². The highest BCUT2D eigenvalue weighted by Crippen LogP contribution is 2.31. The number of nitrogens with one attached hydrogen (secondary N) is 1. The fourth-order valence-corrected chi connectivity index (χ4v) is 2.44. The van der Waals surface area contributed by atoms with Gasteiger partial charge in [-0.05, 0) is 53.2 Å². The van der Waals surface area contributed by atoms with E-state index in [-0.39, 0.29) is 0 Å². The first kappa shape index (κ1) is 15.3. The van der Waals surface area contributed by atoms with Gasteiger partial charge >= 0.3 is 0 Å². The maximum Gasteiger partial charge on any atom is 0.219 e. The average Bonchev–Trinajstić information content (AvgIpc) is 2.43. The minimum Gasteiger partial charge on any atom is -0.438 e. The predicted molar refractivity (Wildman–Crippen MR) is 85.5 cm³/mol. The number of hydrogen-bond acceptors (Lipinski definition) is 3. The Balaban J connectivity index is 2.07. The van der Waals surface area contributed by atoms with Gasteiger partial charge in [-0.2, -0.15) is 0 Å². The van der Waals surface area contributed by atoms with Crippen molar-refractivity contribution in [1.29, 1.82) is 0 Å². The third-order valence-electron chi connectivity index (χ3n) is 2.62. The van der Waals surface area contributed by atoms with Gasteiger partial charge in [-0.3, -0.25) is 0 Å². The van der Waals surface area contributed by atoms with Crippen molar-refractivity contribution in [2.24, 2.45) is 0 Å². The van der Waals surface area contributed by atoms with Gasteiger partial charge in [0.1, 0.15) is 5.75 Å². The van der Waals surface area contributed by atoms with E-state index in [2.05, 4.69) is 33.2 Å². The van der Waals surface area contributed by atoms with Crippen molar-refractivity contribution < 1.29 is 4.74 Å². The lowest BCUT2D eigenvalue weighted by Gasteiger charge is -2.09. The van der Waals surface area contributed by atoms with Gasteiger partial charge in [-0.25, -0.2) is 4.98 Å². The smallest absolute Gasteiger partial charge is 0.219 e. The monoisotopic (exact) mass is 354 g/mol. The van der Waals surface area contributed by atoms with E-state index in [0.717, 1.165) is 29.7 Å². The number of pyridine rings is 1. The summed E-state index contributed by atoms with van der Waals surface area (Å²) in [6, 6.07) is 11.2. The van der Waals surface area contributed by atoms with Crippen LogP contribution in [0.25, 0.3) is 0 Å². The standard InChI is InChI=1S/C15H16BrClN2O/c1-2-8-18-10-12-4-3-5-15(19-12)20-14-7-6-11(17)9-13(14)16/h3-7,9,18H,2,8,10H2,1H3. The van der Waals surface area contributed by atoms with Crippen LogP contribution in [0, 0.1) is 0 Å². The minimum absolute atomic E-state index is 0.573. The molecule has 0 amide bonds. The second-order valence-corrected chi connectivity index (χ2v) is 5.61. The van der Waals surface area contributed by atoms with E-state index in [0.29, 0.717) is 16.7 Å². The van der Waals surface area contributed by atoms with E-state index in [9.17, 15) is 0 Å². The molecule has 0 spiro atoms. The summed E-state index contributed by atoms with van der Waals surface area (Å²) in [5, 5.41) is 3.98. The van der Waals surface area contributed by atoms with E-state index >= 15 is 0 Å². The Hall–Kier alpha value is -1.10. The van der Waals surface area contributed by atoms with Crippen LogP contribution in [0.3, 0.4) is 0 Å². The van der Waals surface area contributed by atoms with Crippen LogP contribution in [0.15, 0.2) is 40.9 Å². The van der Waals surface area contributed by atoms with Crippen molar-refractivity contribution >= 4 is 27.5 Å². The van der Waals surface area contributed by atoms with Crippen molar-refractivity contribution in [3.8, 4) is 11.6 Å². The topological polar surface area (TPSA) is 34.1 Å². The van der Waals surface area contributed by atoms with Crippen LogP contribution in [0.1, 0.15) is 19.0 Å². The van der Waals surface area contributed by atoms with Gasteiger partial charge in [-0.1, -0.05) is 24.6 Å². The molecule has 0 bridgehead atoms. The second-order valence-electron chi connectivity index (χ2n) is 4.32. The van der Waals surface area contributed by atoms with Gasteiger partial charge in [0, 0.05) is 17.6 Å². The predicted octanol–water partition coefficient (Wildman–Crippen LogP) is 4.79. The summed E-state index contributed by atoms with van der Waals surface area (Å²) in [6.45, 7) is 3.86. The van der Waals surface area contributed by atoms with Crippen LogP contribution < -0.4 is 10.1 Å². The molecule has 1 aromatic heterocycles. The van der Waals surface area contributed by atoms with Gasteiger partial charge in [-0.15, -0.1) is 0 Å². The zero-order chi connectivity index (χ0) is 14.4. The number of rotatable bonds is 6. The molecular weight excluding hydrogens is 340 g/mol. The lowest BCUT2D eigenvalue weighted by molar-refractivity contribution is 0.457. The third-order valence-corrected chi connectivity index (χ3v) is 3.48. The molecule has 0 saturated carbocycles. The van der Waals surface area contributed by atoms with Crippen molar-refractivity contribution in [3.63, 3.8) is 0 Å². The molecular formula is C15H16BrClN2O. The number of ether oxygens (including phenoxy) is 1. The molecule has 1 heterocycles. The average molecular weight is 356 g/mol. The number of aromatic nitrogens is 1. The van der Waals surface area contributed by atoms with E-state index in [1.165, 1.54) is 0 Å². The Kier molecular flexibility index (Phi) is 5.83. The number of nitrogens with zero attached hydrogens (tertiary/aromatic N) is 1. The molecule has 2 rings (SSSR count). The molecule has 2 aromatic rings. The van der Waals surface area contributed by atoms with Crippen LogP contribution in [-0.4, -0.2) is 11.5 Å². The first-order valence-corrected chi connectivity index (χ1v) is 7.65. The Morgan fingerprint density at radius 3 is 2.90 bits per heavy atom. The van der Waals surface area contributed by atoms with Crippen LogP contribution in [-0.2, 0) is 6.54 Å². The SMILES string of the molecule is CCCNCc1cccc(Oc2ccc(Cl)cc2Br)n1. The van der Waals surface area contributed by atoms with Gasteiger partial charge in [0.2, 0.25) is 5.88 Å². The van der Waals surface area contributed by atoms with Gasteiger partial charge in [0.15, 0.2) is 0 Å². The lowest BCUT2D eigenvalue weighted by atomic mass is 10.3. The molecule has 0 radical (unpaired) electrons. The Morgan fingerprint density at radius 2 is 2.15 bits per heavy atom. The first-order chi connectivity index (χ1) is 9.69. The fraction of sp³-hybridized carbons (Fsp3) is 0.267. The molecule has 5 heteroatoms. The van der Waals surface area contributed by atoms with Gasteiger partial charge in [0.05, 0.1) is 10.2 Å². The van der Waals surface area contributed by atoms with E-state index in [1.807, 2.05) is 24.3 Å². The summed E-state index contributed by atoms with van der Waals surface area (Å²) in [7, 11) is 0. The van der Waals surface area contributed by atoms with Crippen molar-refractivity contribution in [3.05, 3.63) is 51.6 Å². The highest BCUT2D eigenvalue weighted by Gasteiger charge is 2.05. The zero-order valence-corrected chi connectivity index (χ0v) is 13.5. The largest absolute Gasteiger partial charge is 0.438 e. The van der Waals surface area contributed by atoms with Crippen LogP contribution in [0.4, 0.5) is 0 Å². The number of halogens is 2. The molecule has 1 N–H and O–H groups in total. The third kappa shape index (κ3) is 4.47. The van der Waals surface area contributed by atoms with Gasteiger partial charge in [0.25, 0.3) is 0 Å². The molecule has 20 heavy (non-hydrogen) atoms. The minimum atomic E-state index is 0.573. The molecule has 0 unspecified atom stereocenters. The van der Waals surface area contributed by atoms with Crippen molar-refractivity contribution in [2.45, 2.75) is 19.9 Å². The molecule has 0 aliphatic carbocycles. The Labute approximate surface area is 132 Å². The van der Waals surface area contributed by atoms with Crippen molar-refractivity contribution in [1.82, 2.24) is 10.3 Å². The van der Waals surface area contributed by atoms with Gasteiger partial charge < -0.3 is 10.1 Å². The molecule has 3 nitrogen and oxygen atoms in total. The maximum absolute atomic E-state index is 5.91. The summed E-state index contributed by atoms with van der Waals surface area (Å²) in [6.07, 6.45) is 1.11. The normalized spacial score (nSPS) is 10.6. The molecule has 0 aliphatic heterocycles. The Morgan fingerprint density at radius 1 is 1.30 bits per heavy atom. The highest BCUT2D eigenvalue weighted by molar-refractivity contribution is 9.10. The van der Waals surface area contributed by atoms with Crippen molar-refractivity contribution in [2.75, 3.05) is 6.54 Å². The summed E-state index contributed by atoms with van der Waals surface area (Å²) in [5.41, 5.74) is 0.959. The molecule has 0 atom stereocenters. The molecule has 0 fully saturated rings. The molecule has 0 saturated heterocycles. The highest BCUT2D eigenvalue weighted by atomic mass is 79.9. The number of hydrogen-bond donors (Lipinski definition) is 1. The first-order valence-electron chi connectivity index (χ1n) is 6.48. The van der Waals surface area contributed by atoms with Crippen LogP contribution in [0.2, 0.25) is 5.02 Å². The molecule has 0 aliphatic rings. The van der Waals surface area contributed by atoms with E-state index < -0.39 is 0 Å². The summed E-state index contributed by atoms with van der Waals surface area (Å²) in [5.74, 6) is 1.27. The Bertz CT molecular complexity index is 578. The van der Waals surface area contributed by atoms with Crippen LogP contribution in [0.5, 0.6) is 11.6 Å². The summed E-state index contributed by atoms with van der Waals surface area (Å²) < 4.78 is 6.57. The fourth-order valence-electron chi connectivity index (χ4n) is 1.68. The molecule has 1 aromatic carbocycles. The maximum atomic E-state index is 5.91. The quantitative estimate of drug-likeness (QED) is 0.757. The molecule has 106 valence electrons. The number of benzene rings is 1. The van der Waals surface area contributed by atoms with Crippen LogP contribution >= 0.6 is 27.5 Å².